The van der Waals surface area contributed by atoms with Gasteiger partial charge in [0.15, 0.2) is 0 Å². The van der Waals surface area contributed by atoms with E-state index >= 15 is 0 Å². The Bertz CT molecular complexity index is 1020. The first-order valence-corrected chi connectivity index (χ1v) is 10.4. The van der Waals surface area contributed by atoms with Crippen molar-refractivity contribution < 1.29 is 9.59 Å². The number of halogens is 2. The van der Waals surface area contributed by atoms with Gasteiger partial charge in [-0.2, -0.15) is 0 Å². The Kier molecular flexibility index (Phi) is 7.52. The van der Waals surface area contributed by atoms with Crippen molar-refractivity contribution in [3.63, 3.8) is 0 Å². The van der Waals surface area contributed by atoms with Gasteiger partial charge in [0.05, 0.1) is 23.5 Å². The minimum Gasteiger partial charge on any atom is -0.343 e. The third-order valence-corrected chi connectivity index (χ3v) is 5.63. The standard InChI is InChI=1S/C21H17Cl2N3O2S/c22-16-6-7-18(23)19(10-16)29-13-14-3-1-4-15(9-14)21(28)25-12-20(27)26-17-5-2-8-24-11-17/h1-11H,12-13H2,(H,25,28)(H,26,27). The first-order chi connectivity index (χ1) is 14.0. The summed E-state index contributed by atoms with van der Waals surface area (Å²) in [6, 6.07) is 16.0. The van der Waals surface area contributed by atoms with Gasteiger partial charge in [0.25, 0.3) is 5.91 Å². The second-order valence-electron chi connectivity index (χ2n) is 6.04. The van der Waals surface area contributed by atoms with Crippen LogP contribution < -0.4 is 10.6 Å². The van der Waals surface area contributed by atoms with Crippen LogP contribution in [0.3, 0.4) is 0 Å². The number of carbonyl (C=O) groups is 2. The number of carbonyl (C=O) groups excluding carboxylic acids is 2. The minimum absolute atomic E-state index is 0.134. The number of rotatable bonds is 7. The second-order valence-corrected chi connectivity index (χ2v) is 7.90. The summed E-state index contributed by atoms with van der Waals surface area (Å²) in [5, 5.41) is 6.54. The monoisotopic (exact) mass is 445 g/mol. The largest absolute Gasteiger partial charge is 0.343 e. The Morgan fingerprint density at radius 1 is 1.03 bits per heavy atom. The van der Waals surface area contributed by atoms with E-state index in [9.17, 15) is 9.59 Å². The summed E-state index contributed by atoms with van der Waals surface area (Å²) in [6.07, 6.45) is 3.15. The van der Waals surface area contributed by atoms with Crippen molar-refractivity contribution in [2.24, 2.45) is 0 Å². The lowest BCUT2D eigenvalue weighted by Crippen LogP contribution is -2.32. The Balaban J connectivity index is 1.55. The molecule has 5 nitrogen and oxygen atoms in total. The molecule has 2 amide bonds. The summed E-state index contributed by atoms with van der Waals surface area (Å²) >= 11 is 13.7. The van der Waals surface area contributed by atoms with Gasteiger partial charge in [-0.1, -0.05) is 35.3 Å². The van der Waals surface area contributed by atoms with Crippen LogP contribution in [0.25, 0.3) is 0 Å². The van der Waals surface area contributed by atoms with Crippen LogP contribution >= 0.6 is 35.0 Å². The molecule has 0 atom stereocenters. The fourth-order valence-corrected chi connectivity index (χ4v) is 3.89. The molecular weight excluding hydrogens is 429 g/mol. The molecule has 148 valence electrons. The van der Waals surface area contributed by atoms with Gasteiger partial charge in [0, 0.05) is 27.4 Å². The second kappa shape index (κ2) is 10.3. The quantitative estimate of drug-likeness (QED) is 0.499. The molecule has 0 aliphatic carbocycles. The van der Waals surface area contributed by atoms with Gasteiger partial charge in [-0.05, 0) is 48.0 Å². The van der Waals surface area contributed by atoms with Crippen LogP contribution in [0.4, 0.5) is 5.69 Å². The van der Waals surface area contributed by atoms with E-state index in [0.29, 0.717) is 27.0 Å². The molecule has 3 aromatic rings. The molecule has 0 saturated carbocycles. The van der Waals surface area contributed by atoms with Crippen molar-refractivity contribution >= 4 is 52.5 Å². The summed E-state index contributed by atoms with van der Waals surface area (Å²) in [5.74, 6) is -0.0181. The number of nitrogens with one attached hydrogen (secondary N) is 2. The van der Waals surface area contributed by atoms with Crippen LogP contribution in [0.2, 0.25) is 10.0 Å². The zero-order valence-corrected chi connectivity index (χ0v) is 17.5. The van der Waals surface area contributed by atoms with Gasteiger partial charge < -0.3 is 10.6 Å². The van der Waals surface area contributed by atoms with Crippen molar-refractivity contribution in [2.75, 3.05) is 11.9 Å². The first kappa shape index (κ1) is 21.2. The Hall–Kier alpha value is -2.54. The minimum atomic E-state index is -0.325. The van der Waals surface area contributed by atoms with Crippen molar-refractivity contribution in [1.82, 2.24) is 10.3 Å². The lowest BCUT2D eigenvalue weighted by molar-refractivity contribution is -0.115. The number of benzene rings is 2. The van der Waals surface area contributed by atoms with Crippen LogP contribution in [0.5, 0.6) is 0 Å². The molecule has 3 rings (SSSR count). The zero-order chi connectivity index (χ0) is 20.6. The fourth-order valence-electron chi connectivity index (χ4n) is 2.46. The summed E-state index contributed by atoms with van der Waals surface area (Å²) in [6.45, 7) is -0.134. The molecule has 1 aromatic heterocycles. The van der Waals surface area contributed by atoms with E-state index in [2.05, 4.69) is 15.6 Å². The summed E-state index contributed by atoms with van der Waals surface area (Å²) in [5.41, 5.74) is 2.01. The number of anilines is 1. The topological polar surface area (TPSA) is 71.1 Å². The molecule has 0 saturated heterocycles. The molecule has 29 heavy (non-hydrogen) atoms. The Morgan fingerprint density at radius 2 is 1.90 bits per heavy atom. The summed E-state index contributed by atoms with van der Waals surface area (Å²) in [7, 11) is 0. The van der Waals surface area contributed by atoms with Gasteiger partial charge in [-0.15, -0.1) is 11.8 Å². The van der Waals surface area contributed by atoms with Crippen molar-refractivity contribution in [2.45, 2.75) is 10.6 Å². The summed E-state index contributed by atoms with van der Waals surface area (Å²) < 4.78 is 0. The highest BCUT2D eigenvalue weighted by Crippen LogP contribution is 2.32. The van der Waals surface area contributed by atoms with E-state index in [4.69, 9.17) is 23.2 Å². The maximum absolute atomic E-state index is 12.4. The fraction of sp³-hybridized carbons (Fsp3) is 0.0952. The molecule has 0 fully saturated rings. The molecule has 0 unspecified atom stereocenters. The molecule has 8 heteroatoms. The van der Waals surface area contributed by atoms with Crippen LogP contribution in [-0.2, 0) is 10.5 Å². The lowest BCUT2D eigenvalue weighted by atomic mass is 10.1. The SMILES string of the molecule is O=C(CNC(=O)c1cccc(CSc2cc(Cl)ccc2Cl)c1)Nc1cccnc1. The van der Waals surface area contributed by atoms with Gasteiger partial charge in [-0.3, -0.25) is 14.6 Å². The lowest BCUT2D eigenvalue weighted by Gasteiger charge is -2.09. The predicted molar refractivity (Wildman–Crippen MR) is 118 cm³/mol. The number of thioether (sulfide) groups is 1. The summed E-state index contributed by atoms with van der Waals surface area (Å²) in [4.78, 5) is 29.1. The van der Waals surface area contributed by atoms with Crippen LogP contribution in [0.1, 0.15) is 15.9 Å². The van der Waals surface area contributed by atoms with E-state index in [1.807, 2.05) is 12.1 Å². The van der Waals surface area contributed by atoms with Gasteiger partial charge >= 0.3 is 0 Å². The number of amides is 2. The highest BCUT2D eigenvalue weighted by molar-refractivity contribution is 7.98. The molecule has 0 bridgehead atoms. The van der Waals surface area contributed by atoms with E-state index < -0.39 is 0 Å². The van der Waals surface area contributed by atoms with Crippen molar-refractivity contribution in [3.05, 3.63) is 88.2 Å². The first-order valence-electron chi connectivity index (χ1n) is 8.66. The van der Waals surface area contributed by atoms with Gasteiger partial charge in [-0.25, -0.2) is 0 Å². The Labute approximate surface area is 182 Å². The molecule has 0 radical (unpaired) electrons. The highest BCUT2D eigenvalue weighted by Gasteiger charge is 2.10. The molecule has 2 N–H and O–H groups in total. The molecular formula is C21H17Cl2N3O2S. The highest BCUT2D eigenvalue weighted by atomic mass is 35.5. The van der Waals surface area contributed by atoms with E-state index in [-0.39, 0.29) is 18.4 Å². The predicted octanol–water partition coefficient (Wildman–Crippen LogP) is 5.05. The average molecular weight is 446 g/mol. The molecule has 0 spiro atoms. The maximum atomic E-state index is 12.4. The normalized spacial score (nSPS) is 10.4. The van der Waals surface area contributed by atoms with Crippen LogP contribution in [0, 0.1) is 0 Å². The third kappa shape index (κ3) is 6.49. The van der Waals surface area contributed by atoms with Crippen molar-refractivity contribution in [1.29, 1.82) is 0 Å². The van der Waals surface area contributed by atoms with E-state index in [0.717, 1.165) is 10.5 Å². The number of nitrogens with zero attached hydrogens (tertiary/aromatic N) is 1. The number of hydrogen-bond donors (Lipinski definition) is 2. The maximum Gasteiger partial charge on any atom is 0.251 e. The number of hydrogen-bond acceptors (Lipinski definition) is 4. The van der Waals surface area contributed by atoms with Gasteiger partial charge in [0.1, 0.15) is 0 Å². The number of aromatic nitrogens is 1. The van der Waals surface area contributed by atoms with Crippen LogP contribution in [0.15, 0.2) is 71.9 Å². The molecule has 2 aromatic carbocycles. The molecule has 0 aliphatic heterocycles. The Morgan fingerprint density at radius 3 is 2.69 bits per heavy atom. The third-order valence-electron chi connectivity index (χ3n) is 3.83. The van der Waals surface area contributed by atoms with Crippen molar-refractivity contribution in [3.8, 4) is 0 Å². The molecule has 0 aliphatic rings. The zero-order valence-electron chi connectivity index (χ0n) is 15.2. The number of pyridine rings is 1. The van der Waals surface area contributed by atoms with Crippen LogP contribution in [-0.4, -0.2) is 23.3 Å². The molecule has 1 heterocycles. The average Bonchev–Trinajstić information content (AvgIpc) is 2.73. The smallest absolute Gasteiger partial charge is 0.251 e. The van der Waals surface area contributed by atoms with E-state index in [1.165, 1.54) is 18.0 Å². The van der Waals surface area contributed by atoms with E-state index in [1.54, 1.807) is 48.7 Å². The van der Waals surface area contributed by atoms with Gasteiger partial charge in [0.2, 0.25) is 5.91 Å².